The molecule has 0 radical (unpaired) electrons. The Balaban J connectivity index is 0.00000338. The normalized spacial score (nSPS) is 11.7. The highest BCUT2D eigenvalue weighted by molar-refractivity contribution is 14.0. The summed E-state index contributed by atoms with van der Waals surface area (Å²) in [5.74, 6) is 0.669. The standard InChI is InChI=1S/C16H24N6O2S.HI/c1-17-16(19-8-4-10-22-11-5-9-21-22)20-13-14-6-3-7-15(12-14)25(23,24)18-2;/h3,5-7,9,11-12,18H,4,8,10,13H2,1-2H3,(H2,17,19,20);1H. The summed E-state index contributed by atoms with van der Waals surface area (Å²) in [6.45, 7) is 2.07. The Hall–Kier alpha value is -1.66. The number of rotatable bonds is 8. The van der Waals surface area contributed by atoms with Gasteiger partial charge in [-0.05, 0) is 37.2 Å². The third-order valence-electron chi connectivity index (χ3n) is 3.58. The van der Waals surface area contributed by atoms with Crippen molar-refractivity contribution in [3.8, 4) is 0 Å². The molecule has 144 valence electrons. The fourth-order valence-corrected chi connectivity index (χ4v) is 3.03. The molecule has 0 aliphatic carbocycles. The summed E-state index contributed by atoms with van der Waals surface area (Å²) in [6, 6.07) is 8.70. The molecule has 8 nitrogen and oxygen atoms in total. The van der Waals surface area contributed by atoms with Crippen LogP contribution < -0.4 is 15.4 Å². The molecule has 0 aliphatic rings. The van der Waals surface area contributed by atoms with Crippen LogP contribution in [0.15, 0.2) is 52.6 Å². The number of nitrogens with one attached hydrogen (secondary N) is 3. The van der Waals surface area contributed by atoms with E-state index in [0.29, 0.717) is 12.5 Å². The third kappa shape index (κ3) is 6.92. The van der Waals surface area contributed by atoms with Crippen LogP contribution in [-0.2, 0) is 23.1 Å². The molecule has 1 aromatic carbocycles. The fraction of sp³-hybridized carbons (Fsp3) is 0.375. The molecule has 0 unspecified atom stereocenters. The van der Waals surface area contributed by atoms with Crippen LogP contribution in [0.3, 0.4) is 0 Å². The Labute approximate surface area is 171 Å². The van der Waals surface area contributed by atoms with Gasteiger partial charge < -0.3 is 10.6 Å². The minimum atomic E-state index is -3.44. The lowest BCUT2D eigenvalue weighted by atomic mass is 10.2. The van der Waals surface area contributed by atoms with E-state index in [1.807, 2.05) is 23.0 Å². The smallest absolute Gasteiger partial charge is 0.240 e. The Kier molecular flexibility index (Phi) is 9.59. The van der Waals surface area contributed by atoms with Crippen LogP contribution >= 0.6 is 24.0 Å². The highest BCUT2D eigenvalue weighted by atomic mass is 127. The van der Waals surface area contributed by atoms with E-state index in [1.165, 1.54) is 7.05 Å². The van der Waals surface area contributed by atoms with Crippen molar-refractivity contribution in [2.24, 2.45) is 4.99 Å². The lowest BCUT2D eigenvalue weighted by molar-refractivity contribution is 0.570. The third-order valence-corrected chi connectivity index (χ3v) is 4.99. The quantitative estimate of drug-likeness (QED) is 0.222. The number of aromatic nitrogens is 2. The number of aliphatic imine (C=N–C) groups is 1. The molecule has 1 aromatic heterocycles. The van der Waals surface area contributed by atoms with Gasteiger partial charge in [-0.2, -0.15) is 5.10 Å². The molecular weight excluding hydrogens is 467 g/mol. The highest BCUT2D eigenvalue weighted by Crippen LogP contribution is 2.10. The van der Waals surface area contributed by atoms with Gasteiger partial charge in [-0.3, -0.25) is 9.67 Å². The molecule has 0 fully saturated rings. The first-order valence-corrected chi connectivity index (χ1v) is 9.48. The maximum atomic E-state index is 11.8. The van der Waals surface area contributed by atoms with Gasteiger partial charge in [-0.1, -0.05) is 12.1 Å². The second kappa shape index (κ2) is 11.1. The fourth-order valence-electron chi connectivity index (χ4n) is 2.23. The molecule has 26 heavy (non-hydrogen) atoms. The van der Waals surface area contributed by atoms with Gasteiger partial charge in [0.25, 0.3) is 0 Å². The van der Waals surface area contributed by atoms with Crippen molar-refractivity contribution in [2.45, 2.75) is 24.4 Å². The summed E-state index contributed by atoms with van der Waals surface area (Å²) in [4.78, 5) is 4.41. The minimum absolute atomic E-state index is 0. The predicted molar refractivity (Wildman–Crippen MR) is 113 cm³/mol. The zero-order valence-electron chi connectivity index (χ0n) is 14.8. The average molecular weight is 492 g/mol. The van der Waals surface area contributed by atoms with Gasteiger partial charge in [-0.25, -0.2) is 13.1 Å². The molecule has 1 heterocycles. The van der Waals surface area contributed by atoms with Crippen molar-refractivity contribution in [3.63, 3.8) is 0 Å². The first kappa shape index (κ1) is 22.4. The van der Waals surface area contributed by atoms with Crippen LogP contribution in [0, 0.1) is 0 Å². The van der Waals surface area contributed by atoms with Gasteiger partial charge in [0.05, 0.1) is 4.90 Å². The first-order valence-electron chi connectivity index (χ1n) is 7.99. The molecular formula is C16H25IN6O2S. The predicted octanol–water partition coefficient (Wildman–Crippen LogP) is 1.16. The minimum Gasteiger partial charge on any atom is -0.356 e. The van der Waals surface area contributed by atoms with Crippen LogP contribution in [0.4, 0.5) is 0 Å². The molecule has 0 saturated heterocycles. The SMILES string of the molecule is CN=C(NCCCn1cccn1)NCc1cccc(S(=O)(=O)NC)c1.I. The van der Waals surface area contributed by atoms with E-state index >= 15 is 0 Å². The number of hydrogen-bond donors (Lipinski definition) is 3. The lowest BCUT2D eigenvalue weighted by Gasteiger charge is -2.12. The van der Waals surface area contributed by atoms with Gasteiger partial charge in [0.2, 0.25) is 10.0 Å². The summed E-state index contributed by atoms with van der Waals surface area (Å²) >= 11 is 0. The zero-order valence-corrected chi connectivity index (χ0v) is 18.0. The van der Waals surface area contributed by atoms with Crippen LogP contribution in [-0.4, -0.2) is 44.8 Å². The van der Waals surface area contributed by atoms with Crippen LogP contribution in [0.25, 0.3) is 0 Å². The summed E-state index contributed by atoms with van der Waals surface area (Å²) in [6.07, 6.45) is 4.61. The number of nitrogens with zero attached hydrogens (tertiary/aromatic N) is 3. The molecule has 3 N–H and O–H groups in total. The van der Waals surface area contributed by atoms with Crippen molar-refractivity contribution in [1.29, 1.82) is 0 Å². The van der Waals surface area contributed by atoms with Gasteiger partial charge in [-0.15, -0.1) is 24.0 Å². The molecule has 0 atom stereocenters. The van der Waals surface area contributed by atoms with Gasteiger partial charge in [0.15, 0.2) is 5.96 Å². The summed E-state index contributed by atoms with van der Waals surface area (Å²) in [5, 5.41) is 10.6. The largest absolute Gasteiger partial charge is 0.356 e. The zero-order chi connectivity index (χ0) is 18.1. The number of guanidine groups is 1. The van der Waals surface area contributed by atoms with E-state index in [2.05, 4.69) is 25.4 Å². The summed E-state index contributed by atoms with van der Waals surface area (Å²) < 4.78 is 27.9. The Morgan fingerprint density at radius 3 is 2.73 bits per heavy atom. The van der Waals surface area contributed by atoms with Crippen LogP contribution in [0.5, 0.6) is 0 Å². The van der Waals surface area contributed by atoms with E-state index < -0.39 is 10.0 Å². The molecule has 2 rings (SSSR count). The van der Waals surface area contributed by atoms with Crippen molar-refractivity contribution in [2.75, 3.05) is 20.6 Å². The monoisotopic (exact) mass is 492 g/mol. The number of hydrogen-bond acceptors (Lipinski definition) is 4. The second-order valence-electron chi connectivity index (χ2n) is 5.33. The van der Waals surface area contributed by atoms with E-state index in [4.69, 9.17) is 0 Å². The number of halogens is 1. The van der Waals surface area contributed by atoms with Gasteiger partial charge >= 0.3 is 0 Å². The first-order chi connectivity index (χ1) is 12.0. The topological polar surface area (TPSA) is 100 Å². The van der Waals surface area contributed by atoms with Crippen molar-refractivity contribution in [1.82, 2.24) is 25.1 Å². The maximum absolute atomic E-state index is 11.8. The molecule has 10 heteroatoms. The average Bonchev–Trinajstić information content (AvgIpc) is 3.15. The molecule has 0 amide bonds. The van der Waals surface area contributed by atoms with E-state index in [-0.39, 0.29) is 28.9 Å². The highest BCUT2D eigenvalue weighted by Gasteiger charge is 2.11. The molecule has 2 aromatic rings. The Bertz CT molecular complexity index is 793. The van der Waals surface area contributed by atoms with Gasteiger partial charge in [0, 0.05) is 39.1 Å². The molecule has 0 spiro atoms. The summed E-state index contributed by atoms with van der Waals surface area (Å²) in [5.41, 5.74) is 0.857. The number of benzene rings is 1. The van der Waals surface area contributed by atoms with Gasteiger partial charge in [0.1, 0.15) is 0 Å². The number of aryl methyl sites for hydroxylation is 1. The van der Waals surface area contributed by atoms with E-state index in [1.54, 1.807) is 31.4 Å². The van der Waals surface area contributed by atoms with E-state index in [0.717, 1.165) is 25.1 Å². The molecule has 0 aliphatic heterocycles. The van der Waals surface area contributed by atoms with Crippen molar-refractivity contribution in [3.05, 3.63) is 48.3 Å². The molecule has 0 bridgehead atoms. The lowest BCUT2D eigenvalue weighted by Crippen LogP contribution is -2.37. The Morgan fingerprint density at radius 2 is 2.08 bits per heavy atom. The maximum Gasteiger partial charge on any atom is 0.240 e. The van der Waals surface area contributed by atoms with Crippen LogP contribution in [0.2, 0.25) is 0 Å². The van der Waals surface area contributed by atoms with Crippen molar-refractivity contribution < 1.29 is 8.42 Å². The summed E-state index contributed by atoms with van der Waals surface area (Å²) in [7, 11) is -0.339. The Morgan fingerprint density at radius 1 is 1.27 bits per heavy atom. The second-order valence-corrected chi connectivity index (χ2v) is 7.22. The van der Waals surface area contributed by atoms with Crippen LogP contribution in [0.1, 0.15) is 12.0 Å². The van der Waals surface area contributed by atoms with E-state index in [9.17, 15) is 8.42 Å². The van der Waals surface area contributed by atoms with Crippen molar-refractivity contribution >= 4 is 40.0 Å². The number of sulfonamides is 1. The molecule has 0 saturated carbocycles.